The lowest BCUT2D eigenvalue weighted by Crippen LogP contribution is -2.11. The van der Waals surface area contributed by atoms with Gasteiger partial charge in [0.15, 0.2) is 0 Å². The SMILES string of the molecule is Cc1cc(C)c(Nc2ccc(NS(=O)(=O)c3cccs3)cn2)c(Cl)c1. The van der Waals surface area contributed by atoms with Crippen LogP contribution in [-0.4, -0.2) is 13.4 Å². The first-order chi connectivity index (χ1) is 11.8. The van der Waals surface area contributed by atoms with Crippen LogP contribution in [0.2, 0.25) is 5.02 Å². The van der Waals surface area contributed by atoms with Crippen LogP contribution in [0.25, 0.3) is 0 Å². The monoisotopic (exact) mass is 393 g/mol. The molecular formula is C17H16ClN3O2S2. The third-order valence-corrected chi connectivity index (χ3v) is 6.54. The maximum Gasteiger partial charge on any atom is 0.271 e. The number of halogens is 1. The van der Waals surface area contributed by atoms with Gasteiger partial charge in [-0.2, -0.15) is 0 Å². The van der Waals surface area contributed by atoms with Gasteiger partial charge in [0.05, 0.1) is 22.6 Å². The Balaban J connectivity index is 1.77. The third-order valence-electron chi connectivity index (χ3n) is 3.46. The summed E-state index contributed by atoms with van der Waals surface area (Å²) in [5, 5.41) is 5.50. The number of aromatic nitrogens is 1. The molecule has 8 heteroatoms. The molecule has 0 fully saturated rings. The fraction of sp³-hybridized carbons (Fsp3) is 0.118. The summed E-state index contributed by atoms with van der Waals surface area (Å²) in [7, 11) is -3.57. The summed E-state index contributed by atoms with van der Waals surface area (Å²) in [6.45, 7) is 3.94. The van der Waals surface area contributed by atoms with Crippen LogP contribution in [0.5, 0.6) is 0 Å². The van der Waals surface area contributed by atoms with Gasteiger partial charge in [0, 0.05) is 0 Å². The van der Waals surface area contributed by atoms with E-state index in [2.05, 4.69) is 15.0 Å². The molecule has 0 bridgehead atoms. The Labute approximate surface area is 155 Å². The summed E-state index contributed by atoms with van der Waals surface area (Å²) in [5.41, 5.74) is 3.27. The van der Waals surface area contributed by atoms with Crippen molar-refractivity contribution in [1.82, 2.24) is 4.98 Å². The minimum absolute atomic E-state index is 0.261. The van der Waals surface area contributed by atoms with E-state index in [0.29, 0.717) is 16.5 Å². The van der Waals surface area contributed by atoms with Crippen LogP contribution in [0.1, 0.15) is 11.1 Å². The highest BCUT2D eigenvalue weighted by Crippen LogP contribution is 2.30. The number of rotatable bonds is 5. The van der Waals surface area contributed by atoms with Crippen molar-refractivity contribution >= 4 is 50.2 Å². The van der Waals surface area contributed by atoms with Crippen molar-refractivity contribution in [3.63, 3.8) is 0 Å². The second-order valence-electron chi connectivity index (χ2n) is 5.53. The van der Waals surface area contributed by atoms with Crippen molar-refractivity contribution in [3.05, 3.63) is 64.1 Å². The quantitative estimate of drug-likeness (QED) is 0.642. The number of pyridine rings is 1. The van der Waals surface area contributed by atoms with Gasteiger partial charge in [-0.05, 0) is 54.6 Å². The zero-order valence-electron chi connectivity index (χ0n) is 13.6. The average Bonchev–Trinajstić information content (AvgIpc) is 3.07. The molecule has 0 aliphatic heterocycles. The first-order valence-electron chi connectivity index (χ1n) is 7.41. The molecule has 3 rings (SSSR count). The lowest BCUT2D eigenvalue weighted by molar-refractivity contribution is 0.603. The van der Waals surface area contributed by atoms with E-state index in [1.165, 1.54) is 6.20 Å². The van der Waals surface area contributed by atoms with Crippen molar-refractivity contribution < 1.29 is 8.42 Å². The minimum atomic E-state index is -3.57. The molecular weight excluding hydrogens is 378 g/mol. The molecule has 0 spiro atoms. The number of benzene rings is 1. The normalized spacial score (nSPS) is 11.3. The lowest BCUT2D eigenvalue weighted by atomic mass is 10.1. The summed E-state index contributed by atoms with van der Waals surface area (Å²) in [4.78, 5) is 4.25. The minimum Gasteiger partial charge on any atom is -0.339 e. The van der Waals surface area contributed by atoms with E-state index in [9.17, 15) is 8.42 Å². The molecule has 130 valence electrons. The van der Waals surface area contributed by atoms with Gasteiger partial charge in [0.2, 0.25) is 0 Å². The summed E-state index contributed by atoms with van der Waals surface area (Å²) in [5.74, 6) is 0.577. The second-order valence-corrected chi connectivity index (χ2v) is 8.80. The van der Waals surface area contributed by atoms with Crippen molar-refractivity contribution in [1.29, 1.82) is 0 Å². The van der Waals surface area contributed by atoms with Gasteiger partial charge in [-0.3, -0.25) is 4.72 Å². The van der Waals surface area contributed by atoms with Crippen LogP contribution >= 0.6 is 22.9 Å². The fourth-order valence-electron chi connectivity index (χ4n) is 2.35. The Hall–Kier alpha value is -2.09. The third kappa shape index (κ3) is 4.12. The number of anilines is 3. The molecule has 0 saturated carbocycles. The molecule has 2 N–H and O–H groups in total. The van der Waals surface area contributed by atoms with Crippen molar-refractivity contribution in [2.45, 2.75) is 18.1 Å². The van der Waals surface area contributed by atoms with E-state index in [0.717, 1.165) is 28.2 Å². The Morgan fingerprint density at radius 2 is 1.96 bits per heavy atom. The highest BCUT2D eigenvalue weighted by atomic mass is 35.5. The molecule has 0 aliphatic carbocycles. The van der Waals surface area contributed by atoms with Crippen molar-refractivity contribution in [2.24, 2.45) is 0 Å². The summed E-state index contributed by atoms with van der Waals surface area (Å²) >= 11 is 7.44. The number of thiophene rings is 1. The number of nitrogens with one attached hydrogen (secondary N) is 2. The molecule has 3 aromatic rings. The van der Waals surface area contributed by atoms with Crippen LogP contribution in [0.15, 0.2) is 52.2 Å². The van der Waals surface area contributed by atoms with Gasteiger partial charge in [-0.15, -0.1) is 11.3 Å². The smallest absolute Gasteiger partial charge is 0.271 e. The number of hydrogen-bond acceptors (Lipinski definition) is 5. The Morgan fingerprint density at radius 3 is 2.56 bits per heavy atom. The highest BCUT2D eigenvalue weighted by molar-refractivity contribution is 7.94. The van der Waals surface area contributed by atoms with Crippen LogP contribution < -0.4 is 10.0 Å². The molecule has 2 heterocycles. The molecule has 0 radical (unpaired) electrons. The largest absolute Gasteiger partial charge is 0.339 e. The Bertz CT molecular complexity index is 962. The van der Waals surface area contributed by atoms with E-state index in [4.69, 9.17) is 11.6 Å². The molecule has 2 aromatic heterocycles. The number of sulfonamides is 1. The van der Waals surface area contributed by atoms with Crippen molar-refractivity contribution in [3.8, 4) is 0 Å². The highest BCUT2D eigenvalue weighted by Gasteiger charge is 2.15. The molecule has 0 aliphatic rings. The Morgan fingerprint density at radius 1 is 1.16 bits per heavy atom. The van der Waals surface area contributed by atoms with Crippen LogP contribution in [0, 0.1) is 13.8 Å². The summed E-state index contributed by atoms with van der Waals surface area (Å²) in [6.07, 6.45) is 1.46. The average molecular weight is 394 g/mol. The standard InChI is InChI=1S/C17H16ClN3O2S2/c1-11-8-12(2)17(14(18)9-11)20-15-6-5-13(10-19-15)21-25(22,23)16-4-3-7-24-16/h3-10,21H,1-2H3,(H,19,20). The maximum absolute atomic E-state index is 12.2. The summed E-state index contributed by atoms with van der Waals surface area (Å²) in [6, 6.07) is 10.5. The molecule has 0 unspecified atom stereocenters. The van der Waals surface area contributed by atoms with Crippen LogP contribution in [0.4, 0.5) is 17.2 Å². The summed E-state index contributed by atoms with van der Waals surface area (Å²) < 4.78 is 27.2. The van der Waals surface area contributed by atoms with Gasteiger partial charge < -0.3 is 5.32 Å². The molecule has 0 atom stereocenters. The number of nitrogens with zero attached hydrogens (tertiary/aromatic N) is 1. The van der Waals surface area contributed by atoms with Gasteiger partial charge in [0.1, 0.15) is 10.0 Å². The number of aryl methyl sites for hydroxylation is 2. The Kier molecular flexibility index (Phi) is 4.99. The van der Waals surface area contributed by atoms with E-state index in [-0.39, 0.29) is 4.21 Å². The van der Waals surface area contributed by atoms with Gasteiger partial charge in [-0.25, -0.2) is 13.4 Å². The molecule has 0 amide bonds. The zero-order chi connectivity index (χ0) is 18.0. The van der Waals surface area contributed by atoms with Crippen molar-refractivity contribution in [2.75, 3.05) is 10.0 Å². The topological polar surface area (TPSA) is 71.1 Å². The first kappa shape index (κ1) is 17.7. The molecule has 0 saturated heterocycles. The molecule has 1 aromatic carbocycles. The van der Waals surface area contributed by atoms with E-state index in [1.807, 2.05) is 26.0 Å². The number of hydrogen-bond donors (Lipinski definition) is 2. The maximum atomic E-state index is 12.2. The van der Waals surface area contributed by atoms with Gasteiger partial charge in [0.25, 0.3) is 10.0 Å². The predicted molar refractivity (Wildman–Crippen MR) is 104 cm³/mol. The zero-order valence-corrected chi connectivity index (χ0v) is 16.0. The van der Waals surface area contributed by atoms with Gasteiger partial charge >= 0.3 is 0 Å². The predicted octanol–water partition coefficient (Wildman–Crippen LogP) is 4.96. The van der Waals surface area contributed by atoms with E-state index >= 15 is 0 Å². The van der Waals surface area contributed by atoms with E-state index < -0.39 is 10.0 Å². The molecule has 5 nitrogen and oxygen atoms in total. The lowest BCUT2D eigenvalue weighted by Gasteiger charge is -2.12. The van der Waals surface area contributed by atoms with Gasteiger partial charge in [-0.1, -0.05) is 23.7 Å². The second kappa shape index (κ2) is 7.03. The van der Waals surface area contributed by atoms with E-state index in [1.54, 1.807) is 29.6 Å². The molecule has 25 heavy (non-hydrogen) atoms. The first-order valence-corrected chi connectivity index (χ1v) is 10.2. The van der Waals surface area contributed by atoms with Crippen LogP contribution in [0.3, 0.4) is 0 Å². The van der Waals surface area contributed by atoms with Crippen LogP contribution in [-0.2, 0) is 10.0 Å². The fourth-order valence-corrected chi connectivity index (χ4v) is 4.76.